The topological polar surface area (TPSA) is 75.0 Å². The summed E-state index contributed by atoms with van der Waals surface area (Å²) in [5.41, 5.74) is 8.93. The number of hydrogen-bond donors (Lipinski definition) is 0. The Morgan fingerprint density at radius 3 is 1.31 bits per heavy atom. The monoisotopic (exact) mass is 1030 g/mol. The zero-order valence-electron chi connectivity index (χ0n) is 30.9. The molecule has 0 aliphatic heterocycles. The number of ether oxygens (including phenoxy) is 2. The summed E-state index contributed by atoms with van der Waals surface area (Å²) in [6.07, 6.45) is 7.01. The maximum atomic E-state index is 6.43. The quantitative estimate of drug-likeness (QED) is 0.106. The van der Waals surface area contributed by atoms with E-state index in [1.165, 1.54) is 0 Å². The minimum Gasteiger partial charge on any atom is -0.503 e. The number of aromatic nitrogens is 5. The van der Waals surface area contributed by atoms with Crippen molar-refractivity contribution in [3.8, 4) is 73.7 Å². The molecular formula is C50H29N5O2PdPt. The molecule has 7 nitrogen and oxygen atoms in total. The summed E-state index contributed by atoms with van der Waals surface area (Å²) in [5.74, 6) is 2.55. The summed E-state index contributed by atoms with van der Waals surface area (Å²) < 4.78 is 14.8. The predicted molar refractivity (Wildman–Crippen MR) is 222 cm³/mol. The first-order valence-corrected chi connectivity index (χ1v) is 18.4. The van der Waals surface area contributed by atoms with Crippen molar-refractivity contribution in [3.05, 3.63) is 201 Å². The molecule has 6 aromatic carbocycles. The van der Waals surface area contributed by atoms with Crippen molar-refractivity contribution in [2.24, 2.45) is 0 Å². The Kier molecular flexibility index (Phi) is 11.7. The van der Waals surface area contributed by atoms with Crippen molar-refractivity contribution in [1.29, 1.82) is 0 Å². The molecule has 0 N–H and O–H groups in total. The Morgan fingerprint density at radius 1 is 0.390 bits per heavy atom. The molecule has 0 fully saturated rings. The molecular weight excluding hydrogens is 1000 g/mol. The molecule has 10 aromatic rings. The number of nitrogens with zero attached hydrogens (tertiary/aromatic N) is 5. The Labute approximate surface area is 369 Å². The number of benzene rings is 6. The van der Waals surface area contributed by atoms with Crippen LogP contribution >= 0.6 is 0 Å². The predicted octanol–water partition coefficient (Wildman–Crippen LogP) is 11.8. The van der Waals surface area contributed by atoms with E-state index in [2.05, 4.69) is 70.6 Å². The van der Waals surface area contributed by atoms with E-state index >= 15 is 0 Å². The zero-order valence-corrected chi connectivity index (χ0v) is 34.8. The third-order valence-electron chi connectivity index (χ3n) is 9.56. The Balaban J connectivity index is 0.00000242. The van der Waals surface area contributed by atoms with Crippen LogP contribution in [0, 0.1) is 24.3 Å². The minimum absolute atomic E-state index is 0. The molecule has 286 valence electrons. The molecule has 0 atom stereocenters. The van der Waals surface area contributed by atoms with Crippen LogP contribution in [0.4, 0.5) is 0 Å². The van der Waals surface area contributed by atoms with Crippen LogP contribution in [0.2, 0.25) is 0 Å². The van der Waals surface area contributed by atoms with E-state index < -0.39 is 0 Å². The van der Waals surface area contributed by atoms with Crippen LogP contribution < -0.4 is 9.47 Å². The average molecular weight is 1030 g/mol. The van der Waals surface area contributed by atoms with E-state index in [4.69, 9.17) is 19.4 Å². The van der Waals surface area contributed by atoms with Gasteiger partial charge in [0.2, 0.25) is 5.95 Å². The van der Waals surface area contributed by atoms with E-state index in [-0.39, 0.29) is 41.5 Å². The van der Waals surface area contributed by atoms with Gasteiger partial charge in [-0.15, -0.1) is 71.8 Å². The first kappa shape index (κ1) is 39.3. The van der Waals surface area contributed by atoms with Gasteiger partial charge in [-0.1, -0.05) is 96.0 Å². The number of rotatable bonds is 9. The number of hydrogen-bond acceptors (Lipinski definition) is 6. The summed E-state index contributed by atoms with van der Waals surface area (Å²) in [6, 6.07) is 63.5. The van der Waals surface area contributed by atoms with Gasteiger partial charge in [0.05, 0.1) is 0 Å². The molecule has 0 bridgehead atoms. The van der Waals surface area contributed by atoms with Crippen LogP contribution in [0.25, 0.3) is 72.5 Å². The molecule has 59 heavy (non-hydrogen) atoms. The number of fused-ring (bicyclic) bond motifs is 3. The fraction of sp³-hybridized carbons (Fsp3) is 0. The van der Waals surface area contributed by atoms with Gasteiger partial charge >= 0.3 is 41.5 Å². The molecule has 0 spiro atoms. The summed E-state index contributed by atoms with van der Waals surface area (Å²) in [5, 5.41) is 1.87. The van der Waals surface area contributed by atoms with Gasteiger partial charge in [-0.25, -0.2) is 9.97 Å². The van der Waals surface area contributed by atoms with Crippen LogP contribution in [0.5, 0.6) is 23.0 Å². The summed E-state index contributed by atoms with van der Waals surface area (Å²) in [7, 11) is 0. The maximum Gasteiger partial charge on any atom is 2.00 e. The second kappa shape index (κ2) is 17.5. The molecule has 9 heteroatoms. The van der Waals surface area contributed by atoms with Crippen LogP contribution in [0.1, 0.15) is 0 Å². The van der Waals surface area contributed by atoms with Gasteiger partial charge in [-0.2, -0.15) is 22.9 Å². The Morgan fingerprint density at radius 2 is 0.831 bits per heavy atom. The van der Waals surface area contributed by atoms with Gasteiger partial charge in [0.15, 0.2) is 0 Å². The average Bonchev–Trinajstić information content (AvgIpc) is 3.60. The van der Waals surface area contributed by atoms with E-state index in [9.17, 15) is 0 Å². The van der Waals surface area contributed by atoms with Crippen LogP contribution in [0.3, 0.4) is 0 Å². The molecule has 0 saturated carbocycles. The second-order valence-corrected chi connectivity index (χ2v) is 13.1. The van der Waals surface area contributed by atoms with Crippen molar-refractivity contribution in [1.82, 2.24) is 24.5 Å². The fourth-order valence-corrected chi connectivity index (χ4v) is 7.02. The maximum absolute atomic E-state index is 6.43. The molecule has 10 rings (SSSR count). The number of pyridine rings is 2. The minimum atomic E-state index is 0. The third-order valence-corrected chi connectivity index (χ3v) is 9.56. The summed E-state index contributed by atoms with van der Waals surface area (Å²) in [4.78, 5) is 18.7. The van der Waals surface area contributed by atoms with Crippen molar-refractivity contribution in [2.75, 3.05) is 0 Å². The molecule has 0 radical (unpaired) electrons. The van der Waals surface area contributed by atoms with E-state index in [1.807, 2.05) is 114 Å². The molecule has 0 amide bonds. The Hall–Kier alpha value is -6.55. The van der Waals surface area contributed by atoms with Gasteiger partial charge in [0.25, 0.3) is 0 Å². The molecule has 0 saturated heterocycles. The molecule has 4 heterocycles. The molecule has 0 aliphatic carbocycles. The normalized spacial score (nSPS) is 10.8. The zero-order chi connectivity index (χ0) is 38.0. The third kappa shape index (κ3) is 7.99. The van der Waals surface area contributed by atoms with Crippen molar-refractivity contribution >= 4 is 21.8 Å². The first-order valence-electron chi connectivity index (χ1n) is 18.4. The first-order chi connectivity index (χ1) is 28.2. The van der Waals surface area contributed by atoms with E-state index in [0.29, 0.717) is 28.9 Å². The molecule has 0 aliphatic rings. The van der Waals surface area contributed by atoms with E-state index in [1.54, 1.807) is 30.9 Å². The fourth-order valence-electron chi connectivity index (χ4n) is 7.02. The van der Waals surface area contributed by atoms with Crippen molar-refractivity contribution < 1.29 is 51.0 Å². The van der Waals surface area contributed by atoms with Crippen molar-refractivity contribution in [3.63, 3.8) is 0 Å². The van der Waals surface area contributed by atoms with Crippen molar-refractivity contribution in [2.45, 2.75) is 0 Å². The second-order valence-electron chi connectivity index (χ2n) is 13.1. The summed E-state index contributed by atoms with van der Waals surface area (Å²) >= 11 is 0. The summed E-state index contributed by atoms with van der Waals surface area (Å²) in [6.45, 7) is 0. The van der Waals surface area contributed by atoms with Gasteiger partial charge < -0.3 is 24.0 Å². The van der Waals surface area contributed by atoms with Crippen LogP contribution in [-0.4, -0.2) is 24.5 Å². The standard InChI is InChI=1S/C50H29N5O2.Pd.Pt/c1-3-12-34(13-4-1)42-20-9-26-51-48(42)36-16-7-18-38(30-36)56-40-22-24-44-45-25-23-41(33-47(45)55(46(44)32-40)50-53-28-11-29-54-50)57-39-19-8-17-37(31-39)49-43(21-10-27-52-49)35-14-5-2-6-15-35;;/h1-29H;;/q-4;2*+2. The van der Waals surface area contributed by atoms with Gasteiger partial charge in [0.1, 0.15) is 0 Å². The van der Waals surface area contributed by atoms with Crippen LogP contribution in [-0.2, 0) is 41.5 Å². The Bertz CT molecular complexity index is 2850. The van der Waals surface area contributed by atoms with Gasteiger partial charge in [-0.3, -0.25) is 0 Å². The van der Waals surface area contributed by atoms with Gasteiger partial charge in [-0.05, 0) is 51.8 Å². The largest absolute Gasteiger partial charge is 2.00 e. The van der Waals surface area contributed by atoms with Crippen LogP contribution in [0.15, 0.2) is 176 Å². The molecule has 0 unspecified atom stereocenters. The van der Waals surface area contributed by atoms with Gasteiger partial charge in [0, 0.05) is 47.8 Å². The molecule has 4 aromatic heterocycles. The SMILES string of the molecule is [Pd+2].[Pt+2].[c-]1c(Oc2[c-]c3c(cc2)c2ccc(Oc4[c-]c(-c5ncccc5-c5ccccc5)ccc4)[c-]c2n3-c2ncccn2)cccc1-c1ncccc1-c1ccccc1. The smallest absolute Gasteiger partial charge is 0.503 e. The van der Waals surface area contributed by atoms with E-state index in [0.717, 1.165) is 66.6 Å².